The number of hydrogen-bond donors (Lipinski definition) is 2. The highest BCUT2D eigenvalue weighted by atomic mass is 32.2. The number of amides is 2. The molecular formula is C18H22N2O6S. The maximum atomic E-state index is 12.7. The van der Waals surface area contributed by atoms with Gasteiger partial charge in [-0.3, -0.25) is 9.59 Å². The van der Waals surface area contributed by atoms with Crippen LogP contribution in [0.1, 0.15) is 36.5 Å². The summed E-state index contributed by atoms with van der Waals surface area (Å²) < 4.78 is 28.1. The molecule has 1 atom stereocenters. The van der Waals surface area contributed by atoms with Crippen LogP contribution in [0.15, 0.2) is 24.3 Å². The Balaban J connectivity index is 1.69. The number of anilines is 1. The first-order valence-electron chi connectivity index (χ1n) is 8.86. The van der Waals surface area contributed by atoms with E-state index >= 15 is 0 Å². The zero-order valence-corrected chi connectivity index (χ0v) is 15.8. The summed E-state index contributed by atoms with van der Waals surface area (Å²) in [6.45, 7) is 1.89. The minimum absolute atomic E-state index is 0.0457. The van der Waals surface area contributed by atoms with Gasteiger partial charge in [0.1, 0.15) is 5.41 Å². The molecule has 1 aromatic carbocycles. The Hall–Kier alpha value is -2.42. The summed E-state index contributed by atoms with van der Waals surface area (Å²) in [6.07, 6.45) is 1.12. The predicted octanol–water partition coefficient (Wildman–Crippen LogP) is 0.885. The van der Waals surface area contributed by atoms with Crippen molar-refractivity contribution in [1.29, 1.82) is 0 Å². The van der Waals surface area contributed by atoms with Crippen molar-refractivity contribution in [3.63, 3.8) is 0 Å². The summed E-state index contributed by atoms with van der Waals surface area (Å²) in [5.74, 6) is -1.57. The molecule has 27 heavy (non-hydrogen) atoms. The van der Waals surface area contributed by atoms with Crippen LogP contribution < -0.4 is 10.6 Å². The van der Waals surface area contributed by atoms with Gasteiger partial charge in [0, 0.05) is 6.04 Å². The molecule has 1 aromatic rings. The molecule has 9 heteroatoms. The molecule has 2 N–H and O–H groups in total. The van der Waals surface area contributed by atoms with Gasteiger partial charge in [-0.15, -0.1) is 0 Å². The summed E-state index contributed by atoms with van der Waals surface area (Å²) >= 11 is 0. The first kappa shape index (κ1) is 19.3. The van der Waals surface area contributed by atoms with Crippen LogP contribution in [-0.4, -0.2) is 50.4 Å². The van der Waals surface area contributed by atoms with Crippen molar-refractivity contribution in [3.8, 4) is 0 Å². The van der Waals surface area contributed by atoms with Crippen molar-refractivity contribution in [1.82, 2.24) is 5.32 Å². The topological polar surface area (TPSA) is 119 Å². The summed E-state index contributed by atoms with van der Waals surface area (Å²) in [5, 5.41) is 5.35. The van der Waals surface area contributed by atoms with Crippen LogP contribution in [0.3, 0.4) is 0 Å². The smallest absolute Gasteiger partial charge is 0.340 e. The van der Waals surface area contributed by atoms with E-state index in [0.29, 0.717) is 19.3 Å². The average Bonchev–Trinajstić information content (AvgIpc) is 3.36. The fourth-order valence-corrected chi connectivity index (χ4v) is 4.81. The highest BCUT2D eigenvalue weighted by molar-refractivity contribution is 7.91. The van der Waals surface area contributed by atoms with Gasteiger partial charge in [0.2, 0.25) is 11.8 Å². The van der Waals surface area contributed by atoms with Gasteiger partial charge in [-0.1, -0.05) is 12.1 Å². The van der Waals surface area contributed by atoms with Gasteiger partial charge < -0.3 is 15.4 Å². The lowest BCUT2D eigenvalue weighted by molar-refractivity contribution is -0.134. The normalized spacial score (nSPS) is 21.9. The lowest BCUT2D eigenvalue weighted by Gasteiger charge is -2.19. The number of carbonyl (C=O) groups is 3. The molecule has 1 aliphatic heterocycles. The fourth-order valence-electron chi connectivity index (χ4n) is 3.14. The molecule has 0 bridgehead atoms. The number of sulfone groups is 1. The Kier molecular flexibility index (Phi) is 5.23. The highest BCUT2D eigenvalue weighted by Crippen LogP contribution is 2.47. The molecular weight excluding hydrogens is 372 g/mol. The molecule has 1 saturated carbocycles. The second kappa shape index (κ2) is 7.30. The van der Waals surface area contributed by atoms with Crippen LogP contribution in [0.4, 0.5) is 5.69 Å². The summed E-state index contributed by atoms with van der Waals surface area (Å²) in [7, 11) is -3.12. The number of hydrogen-bond acceptors (Lipinski definition) is 6. The van der Waals surface area contributed by atoms with Gasteiger partial charge in [0.15, 0.2) is 9.84 Å². The predicted molar refractivity (Wildman–Crippen MR) is 97.9 cm³/mol. The van der Waals surface area contributed by atoms with E-state index in [1.807, 2.05) is 0 Å². The van der Waals surface area contributed by atoms with Crippen molar-refractivity contribution in [2.45, 2.75) is 32.2 Å². The van der Waals surface area contributed by atoms with Crippen molar-refractivity contribution >= 4 is 33.3 Å². The quantitative estimate of drug-likeness (QED) is 0.546. The zero-order valence-electron chi connectivity index (χ0n) is 15.0. The van der Waals surface area contributed by atoms with Gasteiger partial charge in [-0.25, -0.2) is 13.2 Å². The Morgan fingerprint density at radius 2 is 1.89 bits per heavy atom. The Morgan fingerprint density at radius 1 is 1.19 bits per heavy atom. The number of rotatable bonds is 6. The third-order valence-electron chi connectivity index (χ3n) is 4.86. The molecule has 2 amide bonds. The maximum absolute atomic E-state index is 12.7. The van der Waals surface area contributed by atoms with Crippen molar-refractivity contribution in [3.05, 3.63) is 29.8 Å². The standard InChI is InChI=1S/C18H22N2O6S/c1-2-26-15(21)13-5-3-4-6-14(13)20-17(23)18(8-9-18)16(22)19-12-7-10-27(24,25)11-12/h3-6,12H,2,7-11H2,1H3,(H,19,22)(H,20,23). The van der Waals surface area contributed by atoms with E-state index in [-0.39, 0.29) is 29.4 Å². The third kappa shape index (κ3) is 4.13. The molecule has 3 rings (SSSR count). The van der Waals surface area contributed by atoms with E-state index in [4.69, 9.17) is 4.74 Å². The van der Waals surface area contributed by atoms with Crippen molar-refractivity contribution in [2.75, 3.05) is 23.4 Å². The average molecular weight is 394 g/mol. The number of nitrogens with one attached hydrogen (secondary N) is 2. The molecule has 2 aliphatic rings. The second-order valence-electron chi connectivity index (χ2n) is 6.88. The van der Waals surface area contributed by atoms with Crippen LogP contribution in [0.25, 0.3) is 0 Å². The molecule has 1 unspecified atom stereocenters. The zero-order chi connectivity index (χ0) is 19.7. The molecule has 0 radical (unpaired) electrons. The van der Waals surface area contributed by atoms with Crippen LogP contribution >= 0.6 is 0 Å². The lowest BCUT2D eigenvalue weighted by atomic mass is 10.0. The number of ether oxygens (including phenoxy) is 1. The second-order valence-corrected chi connectivity index (χ2v) is 9.10. The van der Waals surface area contributed by atoms with Crippen LogP contribution in [0, 0.1) is 5.41 Å². The number of benzene rings is 1. The van der Waals surface area contributed by atoms with Crippen LogP contribution in [0.2, 0.25) is 0 Å². The first-order valence-corrected chi connectivity index (χ1v) is 10.7. The van der Waals surface area contributed by atoms with E-state index in [9.17, 15) is 22.8 Å². The monoisotopic (exact) mass is 394 g/mol. The van der Waals surface area contributed by atoms with Crippen LogP contribution in [-0.2, 0) is 24.2 Å². The number of esters is 1. The van der Waals surface area contributed by atoms with E-state index in [2.05, 4.69) is 10.6 Å². The lowest BCUT2D eigenvalue weighted by Crippen LogP contribution is -2.45. The first-order chi connectivity index (χ1) is 12.8. The Labute approximate surface area is 157 Å². The summed E-state index contributed by atoms with van der Waals surface area (Å²) in [4.78, 5) is 37.3. The molecule has 146 valence electrons. The van der Waals surface area contributed by atoms with Crippen LogP contribution in [0.5, 0.6) is 0 Å². The van der Waals surface area contributed by atoms with E-state index < -0.39 is 39.1 Å². The molecule has 1 aliphatic carbocycles. The summed E-state index contributed by atoms with van der Waals surface area (Å²) in [6, 6.07) is 5.97. The highest BCUT2D eigenvalue weighted by Gasteiger charge is 2.57. The van der Waals surface area contributed by atoms with Crippen molar-refractivity contribution in [2.24, 2.45) is 5.41 Å². The number of carbonyl (C=O) groups excluding carboxylic acids is 3. The van der Waals surface area contributed by atoms with E-state index in [0.717, 1.165) is 0 Å². The molecule has 1 heterocycles. The summed E-state index contributed by atoms with van der Waals surface area (Å²) in [5.41, 5.74) is -0.719. The molecule has 1 saturated heterocycles. The number of para-hydroxylation sites is 1. The van der Waals surface area contributed by atoms with Gasteiger partial charge in [-0.2, -0.15) is 0 Å². The molecule has 0 spiro atoms. The van der Waals surface area contributed by atoms with E-state index in [1.165, 1.54) is 6.07 Å². The molecule has 8 nitrogen and oxygen atoms in total. The van der Waals surface area contributed by atoms with E-state index in [1.54, 1.807) is 25.1 Å². The molecule has 0 aromatic heterocycles. The Morgan fingerprint density at radius 3 is 2.48 bits per heavy atom. The minimum Gasteiger partial charge on any atom is -0.462 e. The van der Waals surface area contributed by atoms with Gasteiger partial charge in [-0.05, 0) is 38.3 Å². The fraction of sp³-hybridized carbons (Fsp3) is 0.500. The minimum atomic E-state index is -3.12. The third-order valence-corrected chi connectivity index (χ3v) is 6.63. The van der Waals surface area contributed by atoms with Crippen molar-refractivity contribution < 1.29 is 27.5 Å². The van der Waals surface area contributed by atoms with Gasteiger partial charge in [0.05, 0.1) is 29.4 Å². The maximum Gasteiger partial charge on any atom is 0.340 e. The largest absolute Gasteiger partial charge is 0.462 e. The van der Waals surface area contributed by atoms with Gasteiger partial charge >= 0.3 is 5.97 Å². The molecule has 2 fully saturated rings. The SMILES string of the molecule is CCOC(=O)c1ccccc1NC(=O)C1(C(=O)NC2CCS(=O)(=O)C2)CC1. The van der Waals surface area contributed by atoms with Gasteiger partial charge in [0.25, 0.3) is 0 Å². The Bertz CT molecular complexity index is 876.